The molecule has 170 valence electrons. The van der Waals surface area contributed by atoms with E-state index in [0.29, 0.717) is 31.0 Å². The molecule has 3 unspecified atom stereocenters. The Balaban J connectivity index is 3.08. The summed E-state index contributed by atoms with van der Waals surface area (Å²) < 4.78 is 55.7. The molecule has 0 fully saturated rings. The van der Waals surface area contributed by atoms with Crippen molar-refractivity contribution in [3.63, 3.8) is 0 Å². The standard InChI is InChI=1S/C23H28F4N2O2/c1-6-8-18-22(20(30)31,21(4,5)7-2)19(16(12-28)13(3)29-18)15-10-9-14(24)11-17(15)23(25,26)27/h9-11,18-19,29H,6-8H2,1-5H3,(H,30,31). The molecule has 1 aliphatic heterocycles. The normalized spacial score (nSPS) is 24.5. The minimum absolute atomic E-state index is 0.0756. The molecule has 2 rings (SSSR count). The van der Waals surface area contributed by atoms with Gasteiger partial charge in [-0.1, -0.05) is 40.2 Å². The summed E-state index contributed by atoms with van der Waals surface area (Å²) in [5.41, 5.74) is -4.17. The van der Waals surface area contributed by atoms with Gasteiger partial charge in [0.1, 0.15) is 11.2 Å². The van der Waals surface area contributed by atoms with Crippen molar-refractivity contribution in [3.05, 3.63) is 46.4 Å². The fourth-order valence-electron chi connectivity index (χ4n) is 4.98. The molecule has 4 nitrogen and oxygen atoms in total. The fraction of sp³-hybridized carbons (Fsp3) is 0.565. The Morgan fingerprint density at radius 3 is 2.35 bits per heavy atom. The number of alkyl halides is 3. The number of aliphatic carboxylic acids is 1. The number of hydrogen-bond acceptors (Lipinski definition) is 3. The van der Waals surface area contributed by atoms with Gasteiger partial charge in [-0.15, -0.1) is 0 Å². The Labute approximate surface area is 180 Å². The van der Waals surface area contributed by atoms with Crippen LogP contribution in [0.5, 0.6) is 0 Å². The SMILES string of the molecule is CCCC1NC(C)=C(C#N)C(c2ccc(F)cc2C(F)(F)F)C1(C(=O)O)C(C)(C)CC. The topological polar surface area (TPSA) is 73.1 Å². The molecular weight excluding hydrogens is 412 g/mol. The van der Waals surface area contributed by atoms with Crippen molar-refractivity contribution in [3.8, 4) is 6.07 Å². The lowest BCUT2D eigenvalue weighted by Gasteiger charge is -2.55. The maximum Gasteiger partial charge on any atom is 0.416 e. The first-order valence-corrected chi connectivity index (χ1v) is 10.3. The molecule has 3 atom stereocenters. The average molecular weight is 440 g/mol. The molecular formula is C23H28F4N2O2. The van der Waals surface area contributed by atoms with Gasteiger partial charge in [-0.3, -0.25) is 4.79 Å². The number of hydrogen-bond donors (Lipinski definition) is 2. The van der Waals surface area contributed by atoms with Gasteiger partial charge < -0.3 is 10.4 Å². The third-order valence-electron chi connectivity index (χ3n) is 6.78. The van der Waals surface area contributed by atoms with Gasteiger partial charge >= 0.3 is 12.1 Å². The van der Waals surface area contributed by atoms with Crippen LogP contribution in [0.1, 0.15) is 70.9 Å². The van der Waals surface area contributed by atoms with Crippen LogP contribution in [0.15, 0.2) is 29.5 Å². The molecule has 0 aromatic heterocycles. The smallest absolute Gasteiger partial charge is 0.416 e. The summed E-state index contributed by atoms with van der Waals surface area (Å²) in [5.74, 6) is -3.77. The predicted molar refractivity (Wildman–Crippen MR) is 108 cm³/mol. The summed E-state index contributed by atoms with van der Waals surface area (Å²) in [5, 5.41) is 23.6. The van der Waals surface area contributed by atoms with Crippen LogP contribution in [0, 0.1) is 28.0 Å². The maximum absolute atomic E-state index is 14.0. The van der Waals surface area contributed by atoms with E-state index in [2.05, 4.69) is 5.32 Å². The van der Waals surface area contributed by atoms with Gasteiger partial charge in [-0.05, 0) is 42.9 Å². The van der Waals surface area contributed by atoms with E-state index < -0.39 is 51.9 Å². The zero-order chi connectivity index (χ0) is 23.8. The maximum atomic E-state index is 14.0. The summed E-state index contributed by atoms with van der Waals surface area (Å²) in [6.07, 6.45) is -3.61. The average Bonchev–Trinajstić information content (AvgIpc) is 2.66. The molecule has 0 amide bonds. The highest BCUT2D eigenvalue weighted by Gasteiger charge is 2.64. The lowest BCUT2D eigenvalue weighted by molar-refractivity contribution is -0.165. The third-order valence-corrected chi connectivity index (χ3v) is 6.78. The highest BCUT2D eigenvalue weighted by atomic mass is 19.4. The molecule has 0 aliphatic carbocycles. The number of nitriles is 1. The van der Waals surface area contributed by atoms with Crippen molar-refractivity contribution < 1.29 is 27.5 Å². The molecule has 0 bridgehead atoms. The Bertz CT molecular complexity index is 930. The number of rotatable bonds is 6. The lowest BCUT2D eigenvalue weighted by atomic mass is 9.49. The van der Waals surface area contributed by atoms with Gasteiger partial charge in [0.2, 0.25) is 0 Å². The van der Waals surface area contributed by atoms with E-state index in [1.807, 2.05) is 13.0 Å². The zero-order valence-electron chi connectivity index (χ0n) is 18.3. The second-order valence-electron chi connectivity index (χ2n) is 8.71. The first-order chi connectivity index (χ1) is 14.3. The summed E-state index contributed by atoms with van der Waals surface area (Å²) >= 11 is 0. The Morgan fingerprint density at radius 2 is 1.90 bits per heavy atom. The van der Waals surface area contributed by atoms with Crippen molar-refractivity contribution in [2.24, 2.45) is 10.8 Å². The summed E-state index contributed by atoms with van der Waals surface area (Å²) in [6.45, 7) is 8.60. The number of carboxylic acid groups (broad SMARTS) is 1. The van der Waals surface area contributed by atoms with Gasteiger partial charge in [0.15, 0.2) is 0 Å². The molecule has 0 spiro atoms. The van der Waals surface area contributed by atoms with Gasteiger partial charge in [-0.25, -0.2) is 4.39 Å². The fourth-order valence-corrected chi connectivity index (χ4v) is 4.98. The molecule has 31 heavy (non-hydrogen) atoms. The summed E-state index contributed by atoms with van der Waals surface area (Å²) in [7, 11) is 0. The van der Waals surface area contributed by atoms with Crippen molar-refractivity contribution in [1.29, 1.82) is 5.26 Å². The summed E-state index contributed by atoms with van der Waals surface area (Å²) in [4.78, 5) is 13.0. The second-order valence-corrected chi connectivity index (χ2v) is 8.71. The van der Waals surface area contributed by atoms with E-state index in [1.165, 1.54) is 0 Å². The van der Waals surface area contributed by atoms with Crippen LogP contribution in [-0.2, 0) is 11.0 Å². The van der Waals surface area contributed by atoms with Gasteiger partial charge in [0.05, 0.1) is 17.2 Å². The van der Waals surface area contributed by atoms with Crippen molar-refractivity contribution >= 4 is 5.97 Å². The van der Waals surface area contributed by atoms with E-state index in [1.54, 1.807) is 27.7 Å². The van der Waals surface area contributed by atoms with Crippen LogP contribution in [0.2, 0.25) is 0 Å². The number of allylic oxidation sites excluding steroid dienone is 2. The largest absolute Gasteiger partial charge is 0.481 e. The van der Waals surface area contributed by atoms with Crippen LogP contribution in [0.3, 0.4) is 0 Å². The number of nitrogens with one attached hydrogen (secondary N) is 1. The zero-order valence-corrected chi connectivity index (χ0v) is 18.3. The van der Waals surface area contributed by atoms with Crippen LogP contribution in [0.25, 0.3) is 0 Å². The minimum atomic E-state index is -4.92. The molecule has 8 heteroatoms. The van der Waals surface area contributed by atoms with E-state index >= 15 is 0 Å². The van der Waals surface area contributed by atoms with Gasteiger partial charge in [-0.2, -0.15) is 18.4 Å². The molecule has 1 aromatic carbocycles. The Morgan fingerprint density at radius 1 is 1.29 bits per heavy atom. The number of carbonyl (C=O) groups is 1. The van der Waals surface area contributed by atoms with E-state index in [4.69, 9.17) is 0 Å². The number of carboxylic acids is 1. The van der Waals surface area contributed by atoms with Crippen molar-refractivity contribution in [2.45, 2.75) is 72.0 Å². The first kappa shape index (κ1) is 24.7. The third kappa shape index (κ3) is 3.90. The van der Waals surface area contributed by atoms with E-state index in [-0.39, 0.29) is 5.57 Å². The first-order valence-electron chi connectivity index (χ1n) is 10.3. The van der Waals surface area contributed by atoms with E-state index in [0.717, 1.165) is 12.1 Å². The Hall–Kier alpha value is -2.56. The van der Waals surface area contributed by atoms with E-state index in [9.17, 15) is 32.7 Å². The molecule has 0 saturated carbocycles. The monoisotopic (exact) mass is 440 g/mol. The second kappa shape index (κ2) is 8.52. The number of benzene rings is 1. The van der Waals surface area contributed by atoms with Crippen molar-refractivity contribution in [2.75, 3.05) is 0 Å². The quantitative estimate of drug-likeness (QED) is 0.532. The molecule has 1 aromatic rings. The highest BCUT2D eigenvalue weighted by Crippen LogP contribution is 2.60. The molecule has 1 heterocycles. The molecule has 0 saturated heterocycles. The van der Waals surface area contributed by atoms with Gasteiger partial charge in [0, 0.05) is 17.7 Å². The molecule has 2 N–H and O–H groups in total. The predicted octanol–water partition coefficient (Wildman–Crippen LogP) is 6.00. The summed E-state index contributed by atoms with van der Waals surface area (Å²) in [6, 6.07) is 3.47. The van der Waals surface area contributed by atoms with Crippen molar-refractivity contribution in [1.82, 2.24) is 5.32 Å². The number of halogens is 4. The van der Waals surface area contributed by atoms with Crippen LogP contribution in [-0.4, -0.2) is 17.1 Å². The minimum Gasteiger partial charge on any atom is -0.481 e. The number of nitrogens with zero attached hydrogens (tertiary/aromatic N) is 1. The highest BCUT2D eigenvalue weighted by molar-refractivity contribution is 5.81. The lowest BCUT2D eigenvalue weighted by Crippen LogP contribution is -2.63. The molecule has 1 aliphatic rings. The molecule has 0 radical (unpaired) electrons. The van der Waals surface area contributed by atoms with Crippen LogP contribution in [0.4, 0.5) is 17.6 Å². The van der Waals surface area contributed by atoms with Crippen LogP contribution < -0.4 is 5.32 Å². The van der Waals surface area contributed by atoms with Gasteiger partial charge in [0.25, 0.3) is 0 Å². The van der Waals surface area contributed by atoms with Crippen LogP contribution >= 0.6 is 0 Å². The Kier molecular flexibility index (Phi) is 6.79.